The van der Waals surface area contributed by atoms with E-state index in [2.05, 4.69) is 4.85 Å². The molecular weight excluding hydrogens is 846 g/mol. The molecule has 0 aliphatic carbocycles. The Morgan fingerprint density at radius 2 is 0.930 bits per heavy atom. The fourth-order valence-corrected chi connectivity index (χ4v) is 6.13. The minimum Gasteiger partial charge on any atom is -0.377 e. The number of aryl methyl sites for hydroxylation is 1. The average Bonchev–Trinajstić information content (AvgIpc) is 3.08. The number of ether oxygens (including phenoxy) is 3. The third-order valence-electron chi connectivity index (χ3n) is 7.63. The van der Waals surface area contributed by atoms with Crippen LogP contribution < -0.4 is 0 Å². The highest BCUT2D eigenvalue weighted by atomic mass is 31.2. The molecule has 0 aliphatic rings. The van der Waals surface area contributed by atoms with Gasteiger partial charge < -0.3 is 28.1 Å². The molecule has 1 rings (SSSR count). The van der Waals surface area contributed by atoms with E-state index in [4.69, 9.17) is 29.8 Å². The lowest BCUT2D eigenvalue weighted by molar-refractivity contribution is -0.461. The first-order chi connectivity index (χ1) is 25.9. The highest BCUT2D eigenvalue weighted by Crippen LogP contribution is 2.64. The highest BCUT2D eigenvalue weighted by molar-refractivity contribution is 7.44. The minimum absolute atomic E-state index is 0.0241. The second-order valence-corrected chi connectivity index (χ2v) is 14.0. The first-order valence-corrected chi connectivity index (χ1v) is 17.7. The van der Waals surface area contributed by atoms with Gasteiger partial charge in [0.05, 0.1) is 46.2 Å². The van der Waals surface area contributed by atoms with Gasteiger partial charge >= 0.3 is 47.6 Å². The van der Waals surface area contributed by atoms with Crippen molar-refractivity contribution in [3.63, 3.8) is 0 Å². The van der Waals surface area contributed by atoms with Gasteiger partial charge in [-0.25, -0.2) is 11.2 Å². The molecule has 332 valence electrons. The summed E-state index contributed by atoms with van der Waals surface area (Å²) >= 11 is 0. The fourth-order valence-electron chi connectivity index (χ4n) is 4.57. The molecule has 0 saturated heterocycles. The molecule has 25 heteroatoms. The van der Waals surface area contributed by atoms with E-state index in [9.17, 15) is 74.6 Å². The van der Waals surface area contributed by atoms with Gasteiger partial charge in [-0.1, -0.05) is 24.3 Å². The molecule has 1 atom stereocenters. The van der Waals surface area contributed by atoms with E-state index in [1.54, 1.807) is 0 Å². The molecule has 1 aromatic rings. The van der Waals surface area contributed by atoms with E-state index in [-0.39, 0.29) is 77.0 Å². The predicted octanol–water partition coefficient (Wildman–Crippen LogP) is 10.5. The summed E-state index contributed by atoms with van der Waals surface area (Å²) in [6.45, 7) is 16.0. The van der Waals surface area contributed by atoms with Crippen LogP contribution in [0.1, 0.15) is 45.2 Å². The van der Waals surface area contributed by atoms with E-state index in [0.717, 1.165) is 24.3 Å². The monoisotopic (exact) mass is 886 g/mol. The maximum Gasteiger partial charge on any atom is 0.460 e. The lowest BCUT2D eigenvalue weighted by Gasteiger charge is -2.42. The number of alkyl halides is 17. The van der Waals surface area contributed by atoms with Crippen molar-refractivity contribution in [2.75, 3.05) is 52.8 Å². The van der Waals surface area contributed by atoms with Gasteiger partial charge in [0.15, 0.2) is 0 Å². The van der Waals surface area contributed by atoms with Crippen molar-refractivity contribution in [3.8, 4) is 0 Å². The molecule has 1 aromatic carbocycles. The van der Waals surface area contributed by atoms with Crippen LogP contribution in [-0.2, 0) is 36.3 Å². The molecule has 0 heterocycles. The fraction of sp³-hybridized carbons (Fsp3) is 0.781. The minimum atomic E-state index is -8.65. The molecule has 0 bridgehead atoms. The van der Waals surface area contributed by atoms with Crippen molar-refractivity contribution in [1.82, 2.24) is 4.67 Å². The summed E-state index contributed by atoms with van der Waals surface area (Å²) in [6.07, 6.45) is -11.7. The maximum absolute atomic E-state index is 14.2. The first-order valence-electron chi connectivity index (χ1n) is 16.6. The molecule has 7 nitrogen and oxygen atoms in total. The van der Waals surface area contributed by atoms with Crippen LogP contribution in [0, 0.1) is 6.57 Å². The zero-order chi connectivity index (χ0) is 44.3. The Kier molecular flexibility index (Phi) is 19.2. The molecule has 0 aromatic heterocycles. The summed E-state index contributed by atoms with van der Waals surface area (Å²) in [4.78, 5) is 3.26. The molecule has 57 heavy (non-hydrogen) atoms. The molecule has 0 radical (unpaired) electrons. The van der Waals surface area contributed by atoms with Gasteiger partial charge in [-0.05, 0) is 45.2 Å². The highest BCUT2D eigenvalue weighted by Gasteiger charge is 2.95. The molecular formula is C32H40F17N2O5P. The van der Waals surface area contributed by atoms with Crippen LogP contribution in [0.4, 0.5) is 74.6 Å². The molecule has 0 amide bonds. The van der Waals surface area contributed by atoms with Gasteiger partial charge in [0.2, 0.25) is 6.54 Å². The largest absolute Gasteiger partial charge is 0.460 e. The van der Waals surface area contributed by atoms with Crippen LogP contribution in [-0.4, -0.2) is 117 Å². The van der Waals surface area contributed by atoms with E-state index in [0.29, 0.717) is 5.56 Å². The van der Waals surface area contributed by atoms with Gasteiger partial charge in [-0.15, -0.1) is 0 Å². The van der Waals surface area contributed by atoms with Crippen molar-refractivity contribution in [2.24, 2.45) is 0 Å². The smallest absolute Gasteiger partial charge is 0.377 e. The zero-order valence-electron chi connectivity index (χ0n) is 30.6. The Morgan fingerprint density at radius 1 is 0.544 bits per heavy atom. The number of halogens is 17. The van der Waals surface area contributed by atoms with Gasteiger partial charge in [0, 0.05) is 18.5 Å². The molecule has 0 N–H and O–H groups in total. The van der Waals surface area contributed by atoms with Crippen LogP contribution in [0.3, 0.4) is 0 Å². The predicted molar refractivity (Wildman–Crippen MR) is 169 cm³/mol. The molecule has 0 saturated carbocycles. The third kappa shape index (κ3) is 12.4. The SMILES string of the molecule is [C-]#[N+]CCOP(OCCOCCOCCOCc1ccc(CCC(F)(F)C(F)(F)C(F)(F)C(F)(F)C(F)(F)C(F)(F)C(F)(F)C(F)(F)F)cc1)N(C(C)C)C(C)C. The van der Waals surface area contributed by atoms with Crippen LogP contribution in [0.15, 0.2) is 24.3 Å². The van der Waals surface area contributed by atoms with Crippen LogP contribution in [0.25, 0.3) is 4.85 Å². The quantitative estimate of drug-likeness (QED) is 0.0380. The molecule has 0 spiro atoms. The lowest BCUT2D eigenvalue weighted by atomic mass is 9.87. The first kappa shape index (κ1) is 52.7. The summed E-state index contributed by atoms with van der Waals surface area (Å²) in [6, 6.07) is 4.48. The van der Waals surface area contributed by atoms with E-state index in [1.807, 2.05) is 32.4 Å². The van der Waals surface area contributed by atoms with Crippen LogP contribution >= 0.6 is 8.53 Å². The zero-order valence-corrected chi connectivity index (χ0v) is 31.4. The number of benzene rings is 1. The standard InChI is InChI=1S/C32H40F17N2O5P/c1-21(2)51(22(3)4)57(55-13-12-50-5)56-19-18-53-15-14-52-16-17-54-20-24-8-6-23(7-9-24)10-11-25(33,34)26(35,36)27(37,38)28(39,40)29(41,42)30(43,44)31(45,46)32(47,48)49/h6-9,21-22H,10-20H2,1-4H3. The van der Waals surface area contributed by atoms with E-state index < -0.39 is 69.0 Å². The van der Waals surface area contributed by atoms with Crippen molar-refractivity contribution >= 4 is 8.53 Å². The number of nitrogens with zero attached hydrogens (tertiary/aromatic N) is 2. The van der Waals surface area contributed by atoms with Crippen molar-refractivity contribution in [2.45, 2.75) is 107 Å². The third-order valence-corrected chi connectivity index (χ3v) is 9.74. The molecule has 0 fully saturated rings. The summed E-state index contributed by atoms with van der Waals surface area (Å²) in [7, 11) is -1.43. The summed E-state index contributed by atoms with van der Waals surface area (Å²) in [5.41, 5.74) is -0.0307. The van der Waals surface area contributed by atoms with Crippen molar-refractivity contribution in [3.05, 3.63) is 46.8 Å². The Morgan fingerprint density at radius 3 is 1.37 bits per heavy atom. The molecule has 0 aliphatic heterocycles. The van der Waals surface area contributed by atoms with Gasteiger partial charge in [-0.2, -0.15) is 74.6 Å². The second-order valence-electron chi connectivity index (χ2n) is 12.6. The number of rotatable bonds is 27. The Balaban J connectivity index is 2.63. The van der Waals surface area contributed by atoms with E-state index in [1.165, 1.54) is 0 Å². The summed E-state index contributed by atoms with van der Waals surface area (Å²) in [5.74, 6) is -56.4. The topological polar surface area (TPSA) is 53.8 Å². The van der Waals surface area contributed by atoms with Gasteiger partial charge in [-0.3, -0.25) is 0 Å². The normalized spacial score (nSPS) is 14.9. The van der Waals surface area contributed by atoms with Crippen LogP contribution in [0.5, 0.6) is 0 Å². The summed E-state index contributed by atoms with van der Waals surface area (Å²) < 4.78 is 259. The second kappa shape index (κ2) is 20.8. The number of hydrogen-bond acceptors (Lipinski definition) is 6. The Labute approximate surface area is 317 Å². The molecule has 1 unspecified atom stereocenters. The number of hydrogen-bond donors (Lipinski definition) is 0. The summed E-state index contributed by atoms with van der Waals surface area (Å²) in [5, 5.41) is 0. The van der Waals surface area contributed by atoms with Crippen molar-refractivity contribution < 1.29 is 97.9 Å². The lowest BCUT2D eigenvalue weighted by Crippen LogP contribution is -2.74. The average molecular weight is 887 g/mol. The van der Waals surface area contributed by atoms with Gasteiger partial charge in [0.25, 0.3) is 8.53 Å². The maximum atomic E-state index is 14.2. The van der Waals surface area contributed by atoms with Crippen molar-refractivity contribution in [1.29, 1.82) is 0 Å². The Bertz CT molecular complexity index is 1390. The van der Waals surface area contributed by atoms with E-state index >= 15 is 0 Å². The Hall–Kier alpha value is -2.29. The van der Waals surface area contributed by atoms with Gasteiger partial charge in [0.1, 0.15) is 6.61 Å². The van der Waals surface area contributed by atoms with Crippen LogP contribution in [0.2, 0.25) is 0 Å².